The molecule has 0 saturated heterocycles. The molecule has 2 rings (SSSR count). The summed E-state index contributed by atoms with van der Waals surface area (Å²) in [6, 6.07) is 11.9. The standard InChI is InChI=1S/C13H9BrClFN2/c14-9-4-6-10(7-5-9)18-17-8-11-12(15)2-1-3-13(11)16/h1-7H,8H2. The van der Waals surface area contributed by atoms with Gasteiger partial charge in [-0.3, -0.25) is 0 Å². The van der Waals surface area contributed by atoms with E-state index < -0.39 is 0 Å². The molecule has 0 unspecified atom stereocenters. The van der Waals surface area contributed by atoms with Gasteiger partial charge in [0.25, 0.3) is 0 Å². The van der Waals surface area contributed by atoms with Gasteiger partial charge in [-0.25, -0.2) is 4.39 Å². The first-order chi connectivity index (χ1) is 8.66. The third-order valence-corrected chi connectivity index (χ3v) is 3.19. The largest absolute Gasteiger partial charge is 0.207 e. The van der Waals surface area contributed by atoms with Crippen molar-refractivity contribution in [2.24, 2.45) is 10.2 Å². The van der Waals surface area contributed by atoms with Crippen LogP contribution in [0, 0.1) is 5.82 Å². The number of hydrogen-bond donors (Lipinski definition) is 0. The van der Waals surface area contributed by atoms with Gasteiger partial charge in [-0.15, -0.1) is 0 Å². The van der Waals surface area contributed by atoms with Gasteiger partial charge in [0.2, 0.25) is 0 Å². The Hall–Kier alpha value is -1.26. The van der Waals surface area contributed by atoms with Crippen LogP contribution < -0.4 is 0 Å². The van der Waals surface area contributed by atoms with Crippen molar-refractivity contribution in [2.45, 2.75) is 6.54 Å². The van der Waals surface area contributed by atoms with Crippen LogP contribution >= 0.6 is 27.5 Å². The average Bonchev–Trinajstić information content (AvgIpc) is 2.35. The van der Waals surface area contributed by atoms with Crippen molar-refractivity contribution in [1.82, 2.24) is 0 Å². The van der Waals surface area contributed by atoms with E-state index >= 15 is 0 Å². The topological polar surface area (TPSA) is 24.7 Å². The van der Waals surface area contributed by atoms with E-state index in [-0.39, 0.29) is 12.4 Å². The van der Waals surface area contributed by atoms with Crippen LogP contribution in [0.15, 0.2) is 57.2 Å². The van der Waals surface area contributed by atoms with Crippen LogP contribution in [-0.2, 0) is 6.54 Å². The summed E-state index contributed by atoms with van der Waals surface area (Å²) < 4.78 is 14.4. The molecule has 2 nitrogen and oxygen atoms in total. The molecular formula is C13H9BrClFN2. The number of benzene rings is 2. The molecule has 0 amide bonds. The minimum atomic E-state index is -0.364. The Kier molecular flexibility index (Phi) is 4.44. The fourth-order valence-corrected chi connectivity index (χ4v) is 1.87. The van der Waals surface area contributed by atoms with Crippen LogP contribution in [-0.4, -0.2) is 0 Å². The molecule has 0 spiro atoms. The maximum atomic E-state index is 13.4. The molecule has 0 atom stereocenters. The Balaban J connectivity index is 2.09. The SMILES string of the molecule is Fc1cccc(Cl)c1CN=Nc1ccc(Br)cc1. The van der Waals surface area contributed by atoms with E-state index in [1.165, 1.54) is 6.07 Å². The highest BCUT2D eigenvalue weighted by atomic mass is 79.9. The van der Waals surface area contributed by atoms with Crippen LogP contribution in [0.2, 0.25) is 5.02 Å². The predicted octanol–water partition coefficient (Wildman–Crippen LogP) is 5.53. The van der Waals surface area contributed by atoms with Crippen molar-refractivity contribution >= 4 is 33.2 Å². The fraction of sp³-hybridized carbons (Fsp3) is 0.0769. The highest BCUT2D eigenvalue weighted by Crippen LogP contribution is 2.21. The van der Waals surface area contributed by atoms with E-state index in [2.05, 4.69) is 26.2 Å². The summed E-state index contributed by atoms with van der Waals surface area (Å²) in [7, 11) is 0. The number of azo groups is 1. The number of nitrogens with zero attached hydrogens (tertiary/aromatic N) is 2. The first-order valence-electron chi connectivity index (χ1n) is 5.23. The summed E-state index contributed by atoms with van der Waals surface area (Å²) in [5, 5.41) is 8.32. The van der Waals surface area contributed by atoms with Gasteiger partial charge in [0.05, 0.1) is 12.2 Å². The van der Waals surface area contributed by atoms with Crippen LogP contribution in [0.25, 0.3) is 0 Å². The lowest BCUT2D eigenvalue weighted by Crippen LogP contribution is -1.88. The maximum absolute atomic E-state index is 13.4. The number of rotatable bonds is 3. The normalized spacial score (nSPS) is 11.1. The van der Waals surface area contributed by atoms with E-state index in [9.17, 15) is 4.39 Å². The minimum absolute atomic E-state index is 0.127. The zero-order valence-corrected chi connectivity index (χ0v) is 11.6. The van der Waals surface area contributed by atoms with Crippen LogP contribution in [0.1, 0.15) is 5.56 Å². The second-order valence-electron chi connectivity index (χ2n) is 3.58. The summed E-state index contributed by atoms with van der Waals surface area (Å²) in [5.74, 6) is -0.364. The Bertz CT molecular complexity index is 549. The lowest BCUT2D eigenvalue weighted by Gasteiger charge is -2.01. The van der Waals surface area contributed by atoms with E-state index in [1.54, 1.807) is 12.1 Å². The van der Waals surface area contributed by atoms with Gasteiger partial charge < -0.3 is 0 Å². The van der Waals surface area contributed by atoms with E-state index in [1.807, 2.05) is 24.3 Å². The summed E-state index contributed by atoms with van der Waals surface area (Å²) in [6.45, 7) is 0.127. The third kappa shape index (κ3) is 3.37. The second-order valence-corrected chi connectivity index (χ2v) is 4.90. The summed E-state index contributed by atoms with van der Waals surface area (Å²) in [4.78, 5) is 0. The quantitative estimate of drug-likeness (QED) is 0.663. The molecule has 0 aromatic heterocycles. The van der Waals surface area contributed by atoms with Gasteiger partial charge in [0.15, 0.2) is 0 Å². The summed E-state index contributed by atoms with van der Waals surface area (Å²) >= 11 is 9.21. The van der Waals surface area contributed by atoms with Gasteiger partial charge in [-0.2, -0.15) is 10.2 Å². The van der Waals surface area contributed by atoms with E-state index in [0.29, 0.717) is 16.3 Å². The summed E-state index contributed by atoms with van der Waals surface area (Å²) in [6.07, 6.45) is 0. The Labute approximate surface area is 118 Å². The van der Waals surface area contributed by atoms with Crippen molar-refractivity contribution < 1.29 is 4.39 Å². The smallest absolute Gasteiger partial charge is 0.129 e. The zero-order valence-electron chi connectivity index (χ0n) is 9.28. The van der Waals surface area contributed by atoms with Crippen molar-refractivity contribution in [3.8, 4) is 0 Å². The van der Waals surface area contributed by atoms with Gasteiger partial charge in [-0.1, -0.05) is 33.6 Å². The first kappa shape index (κ1) is 13.2. The fourth-order valence-electron chi connectivity index (χ4n) is 1.38. The molecule has 2 aromatic carbocycles. The molecule has 0 aliphatic heterocycles. The number of halogens is 3. The highest BCUT2D eigenvalue weighted by Gasteiger charge is 2.05. The first-order valence-corrected chi connectivity index (χ1v) is 6.40. The van der Waals surface area contributed by atoms with Crippen molar-refractivity contribution in [1.29, 1.82) is 0 Å². The van der Waals surface area contributed by atoms with Crippen LogP contribution in [0.3, 0.4) is 0 Å². The lowest BCUT2D eigenvalue weighted by molar-refractivity contribution is 0.609. The molecule has 0 saturated carbocycles. The maximum Gasteiger partial charge on any atom is 0.129 e. The monoisotopic (exact) mass is 326 g/mol. The predicted molar refractivity (Wildman–Crippen MR) is 73.8 cm³/mol. The molecule has 0 N–H and O–H groups in total. The van der Waals surface area contributed by atoms with Gasteiger partial charge in [0, 0.05) is 15.1 Å². The highest BCUT2D eigenvalue weighted by molar-refractivity contribution is 9.10. The second kappa shape index (κ2) is 6.07. The van der Waals surface area contributed by atoms with Crippen molar-refractivity contribution in [3.63, 3.8) is 0 Å². The lowest BCUT2D eigenvalue weighted by atomic mass is 10.2. The molecule has 0 aliphatic rings. The third-order valence-electron chi connectivity index (χ3n) is 2.30. The van der Waals surface area contributed by atoms with Gasteiger partial charge in [0.1, 0.15) is 5.82 Å². The van der Waals surface area contributed by atoms with Gasteiger partial charge in [-0.05, 0) is 36.4 Å². The van der Waals surface area contributed by atoms with Crippen LogP contribution in [0.4, 0.5) is 10.1 Å². The molecule has 0 radical (unpaired) electrons. The molecule has 0 heterocycles. The Morgan fingerprint density at radius 3 is 2.50 bits per heavy atom. The molecule has 2 aromatic rings. The molecule has 5 heteroatoms. The van der Waals surface area contributed by atoms with Gasteiger partial charge >= 0.3 is 0 Å². The van der Waals surface area contributed by atoms with Crippen LogP contribution in [0.5, 0.6) is 0 Å². The molecular weight excluding hydrogens is 319 g/mol. The molecule has 0 fully saturated rings. The molecule has 18 heavy (non-hydrogen) atoms. The Morgan fingerprint density at radius 2 is 1.83 bits per heavy atom. The van der Waals surface area contributed by atoms with E-state index in [0.717, 1.165) is 4.47 Å². The summed E-state index contributed by atoms with van der Waals surface area (Å²) in [5.41, 5.74) is 1.07. The van der Waals surface area contributed by atoms with Crippen molar-refractivity contribution in [3.05, 3.63) is 63.3 Å². The molecule has 92 valence electrons. The number of hydrogen-bond acceptors (Lipinski definition) is 2. The molecule has 0 bridgehead atoms. The van der Waals surface area contributed by atoms with Crippen molar-refractivity contribution in [2.75, 3.05) is 0 Å². The zero-order chi connectivity index (χ0) is 13.0. The minimum Gasteiger partial charge on any atom is -0.207 e. The average molecular weight is 328 g/mol. The Morgan fingerprint density at radius 1 is 1.11 bits per heavy atom. The van der Waals surface area contributed by atoms with E-state index in [4.69, 9.17) is 11.6 Å². The molecule has 0 aliphatic carbocycles.